The van der Waals surface area contributed by atoms with Gasteiger partial charge in [0.05, 0.1) is 0 Å². The molecule has 184 valence electrons. The lowest BCUT2D eigenvalue weighted by atomic mass is 9.93. The van der Waals surface area contributed by atoms with Crippen LogP contribution in [0.3, 0.4) is 0 Å². The Morgan fingerprint density at radius 2 is 1.65 bits per heavy atom. The van der Waals surface area contributed by atoms with E-state index in [0.717, 1.165) is 57.7 Å². The Bertz CT molecular complexity index is 1000. The van der Waals surface area contributed by atoms with Gasteiger partial charge in [-0.25, -0.2) is 4.39 Å². The van der Waals surface area contributed by atoms with Crippen LogP contribution in [-0.2, 0) is 18.0 Å². The Morgan fingerprint density at radius 3 is 2.29 bits per heavy atom. The molecule has 0 spiro atoms. The third-order valence-corrected chi connectivity index (χ3v) is 7.77. The van der Waals surface area contributed by atoms with E-state index in [0.29, 0.717) is 12.0 Å². The van der Waals surface area contributed by atoms with Crippen molar-refractivity contribution in [3.05, 3.63) is 65.0 Å². The molecule has 5 rings (SSSR count). The number of hydrogen-bond acceptors (Lipinski definition) is 6. The summed E-state index contributed by atoms with van der Waals surface area (Å²) in [7, 11) is 6.56. The standard InChI is InChI=1S/C26H35FN4.O2S/c1-28(2)25-18-31(24-12-9-20-5-4-6-23(27)26(20)24)17-22(25)19-7-10-21(11-8-19)30-15-13-29(3)14-16-30;1-3-2/h4-8,10-11,22,24-25H,9,12-18H2,1-3H3;/t22-,24?,25+;/m1./s1. The summed E-state index contributed by atoms with van der Waals surface area (Å²) in [5.74, 6) is 0.425. The molecule has 3 aliphatic rings. The minimum Gasteiger partial charge on any atom is -0.369 e. The highest BCUT2D eigenvalue weighted by molar-refractivity contribution is 7.51. The second-order valence-electron chi connectivity index (χ2n) is 9.91. The third kappa shape index (κ3) is 5.25. The monoisotopic (exact) mass is 486 g/mol. The van der Waals surface area contributed by atoms with Crippen molar-refractivity contribution in [2.24, 2.45) is 0 Å². The first-order valence-electron chi connectivity index (χ1n) is 12.1. The number of anilines is 1. The molecule has 2 aliphatic heterocycles. The second kappa shape index (κ2) is 11.1. The van der Waals surface area contributed by atoms with Crippen LogP contribution in [0.5, 0.6) is 0 Å². The minimum absolute atomic E-state index is 0.0265. The number of likely N-dealkylation sites (tertiary alicyclic amines) is 1. The van der Waals surface area contributed by atoms with E-state index < -0.39 is 11.6 Å². The second-order valence-corrected chi connectivity index (χ2v) is 10.0. The molecule has 3 atom stereocenters. The fourth-order valence-electron chi connectivity index (χ4n) is 5.89. The summed E-state index contributed by atoms with van der Waals surface area (Å²) in [5, 5.41) is 0. The van der Waals surface area contributed by atoms with Crippen LogP contribution in [0, 0.1) is 5.82 Å². The minimum atomic E-state index is -0.750. The van der Waals surface area contributed by atoms with Crippen LogP contribution in [0.1, 0.15) is 35.1 Å². The van der Waals surface area contributed by atoms with Crippen molar-refractivity contribution in [3.8, 4) is 0 Å². The van der Waals surface area contributed by atoms with E-state index in [2.05, 4.69) is 71.1 Å². The number of nitrogens with zero attached hydrogens (tertiary/aromatic N) is 4. The van der Waals surface area contributed by atoms with Crippen LogP contribution in [-0.4, -0.2) is 89.6 Å². The maximum atomic E-state index is 14.7. The van der Waals surface area contributed by atoms with Crippen molar-refractivity contribution < 1.29 is 12.8 Å². The molecule has 0 aromatic heterocycles. The van der Waals surface area contributed by atoms with Gasteiger partial charge < -0.3 is 14.7 Å². The van der Waals surface area contributed by atoms with Gasteiger partial charge in [0.1, 0.15) is 5.82 Å². The molecule has 2 heterocycles. The molecular weight excluding hydrogens is 451 g/mol. The molecule has 0 radical (unpaired) electrons. The molecule has 0 bridgehead atoms. The average Bonchev–Trinajstić information content (AvgIpc) is 3.46. The summed E-state index contributed by atoms with van der Waals surface area (Å²) < 4.78 is 31.3. The summed E-state index contributed by atoms with van der Waals surface area (Å²) >= 11 is -0.750. The Hall–Kier alpha value is -2.13. The Kier molecular flexibility index (Phi) is 8.14. The van der Waals surface area contributed by atoms with E-state index in [1.165, 1.54) is 16.8 Å². The van der Waals surface area contributed by atoms with Gasteiger partial charge in [0.2, 0.25) is 0 Å². The molecule has 2 saturated heterocycles. The first kappa shape index (κ1) is 25.0. The predicted molar refractivity (Wildman–Crippen MR) is 134 cm³/mol. The molecular formula is C26H35FN4O2S. The lowest BCUT2D eigenvalue weighted by Crippen LogP contribution is -2.44. The number of benzene rings is 2. The number of piperazine rings is 1. The maximum absolute atomic E-state index is 14.7. The molecule has 0 saturated carbocycles. The van der Waals surface area contributed by atoms with Crippen LogP contribution in [0.2, 0.25) is 0 Å². The maximum Gasteiger partial charge on any atom is 0.335 e. The molecule has 0 amide bonds. The summed E-state index contributed by atoms with van der Waals surface area (Å²) in [6, 6.07) is 15.5. The normalized spacial score (nSPS) is 25.2. The molecule has 8 heteroatoms. The van der Waals surface area contributed by atoms with Gasteiger partial charge >= 0.3 is 11.6 Å². The Balaban J connectivity index is 0.000000868. The van der Waals surface area contributed by atoms with Crippen molar-refractivity contribution in [3.63, 3.8) is 0 Å². The van der Waals surface area contributed by atoms with Crippen molar-refractivity contribution in [1.82, 2.24) is 14.7 Å². The zero-order valence-corrected chi connectivity index (χ0v) is 21.1. The number of rotatable bonds is 4. The van der Waals surface area contributed by atoms with Gasteiger partial charge in [-0.15, -0.1) is 0 Å². The average molecular weight is 487 g/mol. The molecule has 2 aromatic rings. The zero-order chi connectivity index (χ0) is 24.2. The quantitative estimate of drug-likeness (QED) is 0.662. The summed E-state index contributed by atoms with van der Waals surface area (Å²) in [6.07, 6.45) is 2.02. The van der Waals surface area contributed by atoms with E-state index in [9.17, 15) is 4.39 Å². The number of hydrogen-bond donors (Lipinski definition) is 0. The highest BCUT2D eigenvalue weighted by Crippen LogP contribution is 2.42. The smallest absolute Gasteiger partial charge is 0.335 e. The fraction of sp³-hybridized carbons (Fsp3) is 0.538. The van der Waals surface area contributed by atoms with Gasteiger partial charge in [-0.1, -0.05) is 24.3 Å². The number of halogens is 1. The van der Waals surface area contributed by atoms with E-state index in [4.69, 9.17) is 8.42 Å². The topological polar surface area (TPSA) is 47.1 Å². The highest BCUT2D eigenvalue weighted by atomic mass is 32.1. The fourth-order valence-corrected chi connectivity index (χ4v) is 5.89. The molecule has 34 heavy (non-hydrogen) atoms. The molecule has 2 fully saturated rings. The van der Waals surface area contributed by atoms with Crippen LogP contribution in [0.4, 0.5) is 10.1 Å². The summed E-state index contributed by atoms with van der Waals surface area (Å²) in [4.78, 5) is 9.78. The summed E-state index contributed by atoms with van der Waals surface area (Å²) in [5.41, 5.74) is 4.89. The van der Waals surface area contributed by atoms with Gasteiger partial charge in [-0.3, -0.25) is 4.90 Å². The highest BCUT2D eigenvalue weighted by Gasteiger charge is 2.41. The lowest BCUT2D eigenvalue weighted by molar-refractivity contribution is 0.213. The van der Waals surface area contributed by atoms with Crippen molar-refractivity contribution in [2.75, 3.05) is 65.3 Å². The van der Waals surface area contributed by atoms with Crippen molar-refractivity contribution >= 4 is 17.3 Å². The van der Waals surface area contributed by atoms with Gasteiger partial charge in [-0.05, 0) is 63.3 Å². The van der Waals surface area contributed by atoms with Gasteiger partial charge in [0.15, 0.2) is 0 Å². The van der Waals surface area contributed by atoms with Gasteiger partial charge in [-0.2, -0.15) is 8.42 Å². The Morgan fingerprint density at radius 1 is 0.971 bits per heavy atom. The van der Waals surface area contributed by atoms with E-state index in [1.54, 1.807) is 6.07 Å². The molecule has 2 aromatic carbocycles. The Labute approximate surface area is 205 Å². The molecule has 6 nitrogen and oxygen atoms in total. The number of aryl methyl sites for hydroxylation is 1. The number of likely N-dealkylation sites (N-methyl/N-ethyl adjacent to an activating group) is 2. The van der Waals surface area contributed by atoms with Crippen LogP contribution in [0.25, 0.3) is 0 Å². The molecule has 1 aliphatic carbocycles. The number of fused-ring (bicyclic) bond motifs is 1. The van der Waals surface area contributed by atoms with Crippen molar-refractivity contribution in [1.29, 1.82) is 0 Å². The molecule has 1 unspecified atom stereocenters. The SMILES string of the molecule is CN1CCN(c2ccc([C@H]3CN(C4CCc5cccc(F)c54)C[C@@H]3N(C)C)cc2)CC1.O=S=O. The molecule has 0 N–H and O–H groups in total. The summed E-state index contributed by atoms with van der Waals surface area (Å²) in [6.45, 7) is 6.44. The zero-order valence-electron chi connectivity index (χ0n) is 20.3. The largest absolute Gasteiger partial charge is 0.369 e. The van der Waals surface area contributed by atoms with Crippen LogP contribution >= 0.6 is 0 Å². The predicted octanol–water partition coefficient (Wildman–Crippen LogP) is 2.92. The van der Waals surface area contributed by atoms with Crippen molar-refractivity contribution in [2.45, 2.75) is 30.8 Å². The third-order valence-electron chi connectivity index (χ3n) is 7.77. The van der Waals surface area contributed by atoms with E-state index in [1.807, 2.05) is 6.07 Å². The first-order chi connectivity index (χ1) is 16.4. The van der Waals surface area contributed by atoms with E-state index >= 15 is 0 Å². The van der Waals surface area contributed by atoms with Gasteiger partial charge in [0, 0.05) is 68.5 Å². The van der Waals surface area contributed by atoms with Crippen LogP contribution in [0.15, 0.2) is 42.5 Å². The lowest BCUT2D eigenvalue weighted by Gasteiger charge is -2.34. The van der Waals surface area contributed by atoms with Gasteiger partial charge in [0.25, 0.3) is 0 Å². The van der Waals surface area contributed by atoms with E-state index in [-0.39, 0.29) is 11.9 Å². The first-order valence-corrected chi connectivity index (χ1v) is 12.7. The van der Waals surface area contributed by atoms with Crippen LogP contribution < -0.4 is 4.90 Å².